The second-order valence-corrected chi connectivity index (χ2v) is 6.55. The van der Waals surface area contributed by atoms with Gasteiger partial charge in [0.05, 0.1) is 0 Å². The van der Waals surface area contributed by atoms with Gasteiger partial charge in [-0.15, -0.1) is 0 Å². The van der Waals surface area contributed by atoms with E-state index in [-0.39, 0.29) is 0 Å². The van der Waals surface area contributed by atoms with Gasteiger partial charge in [-0.25, -0.2) is 0 Å². The fraction of sp³-hybridized carbons (Fsp3) is 0.550. The fourth-order valence-electron chi connectivity index (χ4n) is 3.39. The molecular formula is C20H28N2O. The summed E-state index contributed by atoms with van der Waals surface area (Å²) < 4.78 is 5.42. The Balaban J connectivity index is 1.63. The molecule has 1 N–H and O–H groups in total. The fourth-order valence-corrected chi connectivity index (χ4v) is 3.39. The Morgan fingerprint density at radius 3 is 2.70 bits per heavy atom. The van der Waals surface area contributed by atoms with Crippen molar-refractivity contribution in [2.45, 2.75) is 57.4 Å². The van der Waals surface area contributed by atoms with Crippen LogP contribution in [0.15, 0.2) is 41.5 Å². The van der Waals surface area contributed by atoms with E-state index >= 15 is 0 Å². The number of hydrogen-bond acceptors (Lipinski definition) is 3. The van der Waals surface area contributed by atoms with E-state index < -0.39 is 0 Å². The molecule has 0 radical (unpaired) electrons. The number of unbranched alkanes of at least 4 members (excludes halogenated alkanes) is 1. The summed E-state index contributed by atoms with van der Waals surface area (Å²) in [6.45, 7) is 3.99. The third-order valence-corrected chi connectivity index (χ3v) is 4.81. The van der Waals surface area contributed by atoms with Gasteiger partial charge in [-0.05, 0) is 49.8 Å². The van der Waals surface area contributed by atoms with Crippen LogP contribution in [0.1, 0.15) is 56.9 Å². The molecule has 0 aromatic heterocycles. The van der Waals surface area contributed by atoms with Crippen LogP contribution >= 0.6 is 0 Å². The molecule has 1 aromatic carbocycles. The Bertz CT molecular complexity index is 541. The van der Waals surface area contributed by atoms with E-state index in [1.165, 1.54) is 29.8 Å². The quantitative estimate of drug-likeness (QED) is 0.809. The molecule has 2 heterocycles. The van der Waals surface area contributed by atoms with Crippen LogP contribution in [0.4, 0.5) is 5.69 Å². The van der Waals surface area contributed by atoms with Gasteiger partial charge in [0, 0.05) is 42.8 Å². The smallest absolute Gasteiger partial charge is 0.0485 e. The van der Waals surface area contributed by atoms with Crippen molar-refractivity contribution in [1.82, 2.24) is 0 Å². The van der Waals surface area contributed by atoms with E-state index in [9.17, 15) is 0 Å². The molecule has 0 saturated carbocycles. The molecule has 1 atom stereocenters. The first-order chi connectivity index (χ1) is 11.4. The molecular weight excluding hydrogens is 284 g/mol. The maximum atomic E-state index is 5.42. The summed E-state index contributed by atoms with van der Waals surface area (Å²) >= 11 is 0. The van der Waals surface area contributed by atoms with Gasteiger partial charge < -0.3 is 10.1 Å². The van der Waals surface area contributed by atoms with Gasteiger partial charge in [0.25, 0.3) is 0 Å². The van der Waals surface area contributed by atoms with Crippen molar-refractivity contribution in [3.63, 3.8) is 0 Å². The molecule has 124 valence electrons. The molecule has 1 unspecified atom stereocenters. The number of hydrogen-bond donors (Lipinski definition) is 1. The third-order valence-electron chi connectivity index (χ3n) is 4.81. The van der Waals surface area contributed by atoms with Crippen molar-refractivity contribution < 1.29 is 4.74 Å². The average molecular weight is 312 g/mol. The number of allylic oxidation sites excluding steroid dienone is 1. The van der Waals surface area contributed by atoms with Crippen LogP contribution in [-0.4, -0.2) is 25.0 Å². The first-order valence-corrected chi connectivity index (χ1v) is 9.02. The molecule has 0 bridgehead atoms. The zero-order valence-electron chi connectivity index (χ0n) is 14.1. The first-order valence-electron chi connectivity index (χ1n) is 9.02. The van der Waals surface area contributed by atoms with Crippen LogP contribution in [0, 0.1) is 0 Å². The Morgan fingerprint density at radius 2 is 1.96 bits per heavy atom. The van der Waals surface area contributed by atoms with Crippen LogP contribution in [0.5, 0.6) is 0 Å². The molecule has 0 amide bonds. The molecule has 3 rings (SSSR count). The van der Waals surface area contributed by atoms with Crippen molar-refractivity contribution in [3.8, 4) is 0 Å². The maximum absolute atomic E-state index is 5.42. The molecule has 1 aromatic rings. The summed E-state index contributed by atoms with van der Waals surface area (Å²) in [6.07, 6.45) is 11.0. The number of aliphatic imine (C=N–C) groups is 1. The van der Waals surface area contributed by atoms with Crippen molar-refractivity contribution in [3.05, 3.63) is 42.1 Å². The predicted octanol–water partition coefficient (Wildman–Crippen LogP) is 4.91. The van der Waals surface area contributed by atoms with Crippen molar-refractivity contribution in [2.24, 2.45) is 4.99 Å². The maximum Gasteiger partial charge on any atom is 0.0485 e. The highest BCUT2D eigenvalue weighted by Crippen LogP contribution is 2.28. The van der Waals surface area contributed by atoms with Crippen molar-refractivity contribution in [1.29, 1.82) is 0 Å². The van der Waals surface area contributed by atoms with Gasteiger partial charge in [-0.1, -0.05) is 31.6 Å². The summed E-state index contributed by atoms with van der Waals surface area (Å²) in [5.74, 6) is 0.462. The van der Waals surface area contributed by atoms with E-state index in [2.05, 4.69) is 47.6 Å². The standard InChI is InChI=1S/C20H28N2O/c1-2-3-6-20-19(5-4-13-21-20)16-7-9-17(10-8-16)22-18-11-14-23-15-12-18/h4,7-10,13,18-19,22H,2-3,5-6,11-12,14-15H2,1H3. The van der Waals surface area contributed by atoms with Gasteiger partial charge in [0.2, 0.25) is 0 Å². The highest BCUT2D eigenvalue weighted by atomic mass is 16.5. The highest BCUT2D eigenvalue weighted by Gasteiger charge is 2.19. The van der Waals surface area contributed by atoms with Crippen LogP contribution in [0.2, 0.25) is 0 Å². The van der Waals surface area contributed by atoms with E-state index in [0.29, 0.717) is 12.0 Å². The van der Waals surface area contributed by atoms with Gasteiger partial charge in [-0.2, -0.15) is 0 Å². The Labute approximate surface area is 139 Å². The Hall–Kier alpha value is -1.61. The molecule has 1 saturated heterocycles. The van der Waals surface area contributed by atoms with E-state index in [0.717, 1.165) is 38.9 Å². The molecule has 0 spiro atoms. The monoisotopic (exact) mass is 312 g/mol. The van der Waals surface area contributed by atoms with Gasteiger partial charge in [-0.3, -0.25) is 4.99 Å². The topological polar surface area (TPSA) is 33.6 Å². The zero-order valence-corrected chi connectivity index (χ0v) is 14.1. The molecule has 2 aliphatic heterocycles. The summed E-state index contributed by atoms with van der Waals surface area (Å²) in [5, 5.41) is 3.63. The van der Waals surface area contributed by atoms with Crippen molar-refractivity contribution in [2.75, 3.05) is 18.5 Å². The molecule has 1 fully saturated rings. The molecule has 3 heteroatoms. The second-order valence-electron chi connectivity index (χ2n) is 6.55. The summed E-state index contributed by atoms with van der Waals surface area (Å²) in [6, 6.07) is 9.54. The van der Waals surface area contributed by atoms with E-state index in [1.54, 1.807) is 0 Å². The lowest BCUT2D eigenvalue weighted by atomic mass is 9.87. The normalized spacial score (nSPS) is 22.0. The highest BCUT2D eigenvalue weighted by molar-refractivity contribution is 5.92. The van der Waals surface area contributed by atoms with E-state index in [4.69, 9.17) is 4.74 Å². The van der Waals surface area contributed by atoms with Crippen LogP contribution in [-0.2, 0) is 4.74 Å². The second kappa shape index (κ2) is 8.30. The minimum atomic E-state index is 0.462. The van der Waals surface area contributed by atoms with Crippen LogP contribution in [0.25, 0.3) is 0 Å². The lowest BCUT2D eigenvalue weighted by molar-refractivity contribution is 0.0904. The van der Waals surface area contributed by atoms with Gasteiger partial charge in [0.1, 0.15) is 0 Å². The lowest BCUT2D eigenvalue weighted by Crippen LogP contribution is -2.27. The minimum absolute atomic E-state index is 0.462. The Morgan fingerprint density at radius 1 is 1.17 bits per heavy atom. The lowest BCUT2D eigenvalue weighted by Gasteiger charge is -2.25. The summed E-state index contributed by atoms with van der Waals surface area (Å²) in [4.78, 5) is 4.65. The molecule has 3 nitrogen and oxygen atoms in total. The molecule has 2 aliphatic rings. The predicted molar refractivity (Wildman–Crippen MR) is 97.4 cm³/mol. The number of ether oxygens (including phenoxy) is 1. The first kappa shape index (κ1) is 16.3. The van der Waals surface area contributed by atoms with Crippen LogP contribution in [0.3, 0.4) is 0 Å². The summed E-state index contributed by atoms with van der Waals surface area (Å²) in [5.41, 5.74) is 3.96. The number of nitrogens with zero attached hydrogens (tertiary/aromatic N) is 1. The number of benzene rings is 1. The molecule has 23 heavy (non-hydrogen) atoms. The SMILES string of the molecule is CCCCC1=NC=CCC1c1ccc(NC2CCOCC2)cc1. The third kappa shape index (κ3) is 4.44. The largest absolute Gasteiger partial charge is 0.382 e. The van der Waals surface area contributed by atoms with Crippen molar-refractivity contribution >= 4 is 11.4 Å². The van der Waals surface area contributed by atoms with E-state index in [1.807, 2.05) is 6.20 Å². The summed E-state index contributed by atoms with van der Waals surface area (Å²) in [7, 11) is 0. The minimum Gasteiger partial charge on any atom is -0.382 e. The van der Waals surface area contributed by atoms with Gasteiger partial charge in [0.15, 0.2) is 0 Å². The zero-order chi connectivity index (χ0) is 15.9. The number of rotatable bonds is 6. The van der Waals surface area contributed by atoms with Crippen LogP contribution < -0.4 is 5.32 Å². The number of nitrogens with one attached hydrogen (secondary N) is 1. The average Bonchev–Trinajstić information content (AvgIpc) is 2.62. The number of anilines is 1. The Kier molecular flexibility index (Phi) is 5.87. The molecule has 0 aliphatic carbocycles. The van der Waals surface area contributed by atoms with Gasteiger partial charge >= 0.3 is 0 Å².